The second-order valence-corrected chi connectivity index (χ2v) is 3.09. The van der Waals surface area contributed by atoms with Crippen molar-refractivity contribution in [1.29, 1.82) is 5.53 Å². The standard InChI is InChI=1S/C10H13FN4O/c1-3-7-6-8(11)4-5-9(7)15(14-12)10(16)13-2/h4-6,12H,3H2,1-2H3,(H,13,16). The van der Waals surface area contributed by atoms with Crippen LogP contribution in [0.1, 0.15) is 12.5 Å². The molecule has 1 rings (SSSR count). The number of rotatable bonds is 3. The number of amides is 2. The Bertz CT molecular complexity index is 408. The summed E-state index contributed by atoms with van der Waals surface area (Å²) in [4.78, 5) is 11.4. The molecule has 6 heteroatoms. The van der Waals surface area contributed by atoms with Crippen molar-refractivity contribution < 1.29 is 9.18 Å². The maximum Gasteiger partial charge on any atom is 0.343 e. The minimum atomic E-state index is -0.531. The van der Waals surface area contributed by atoms with E-state index in [9.17, 15) is 9.18 Å². The summed E-state index contributed by atoms with van der Waals surface area (Å²) in [6.45, 7) is 1.84. The van der Waals surface area contributed by atoms with Gasteiger partial charge in [-0.25, -0.2) is 9.18 Å². The highest BCUT2D eigenvalue weighted by Gasteiger charge is 2.16. The summed E-state index contributed by atoms with van der Waals surface area (Å²) in [5.74, 6) is -0.373. The first-order chi connectivity index (χ1) is 7.63. The van der Waals surface area contributed by atoms with Crippen LogP contribution in [-0.2, 0) is 6.42 Å². The fourth-order valence-corrected chi connectivity index (χ4v) is 1.36. The number of urea groups is 1. The Kier molecular flexibility index (Phi) is 3.93. The molecule has 0 aliphatic carbocycles. The summed E-state index contributed by atoms with van der Waals surface area (Å²) >= 11 is 0. The molecule has 0 aliphatic heterocycles. The number of hydrogen-bond acceptors (Lipinski definition) is 3. The normalized spacial score (nSPS) is 9.69. The van der Waals surface area contributed by atoms with Gasteiger partial charge in [0.25, 0.3) is 0 Å². The third-order valence-electron chi connectivity index (χ3n) is 2.16. The van der Waals surface area contributed by atoms with Gasteiger partial charge in [0.1, 0.15) is 5.82 Å². The highest BCUT2D eigenvalue weighted by atomic mass is 19.1. The predicted octanol–water partition coefficient (Wildman–Crippen LogP) is 2.48. The van der Waals surface area contributed by atoms with Gasteiger partial charge in [-0.3, -0.25) is 0 Å². The van der Waals surface area contributed by atoms with E-state index in [0.717, 1.165) is 5.01 Å². The number of hydrogen-bond donors (Lipinski definition) is 2. The van der Waals surface area contributed by atoms with Gasteiger partial charge in [-0.05, 0) is 30.2 Å². The first-order valence-electron chi connectivity index (χ1n) is 4.81. The molecule has 2 N–H and O–H groups in total. The van der Waals surface area contributed by atoms with Gasteiger partial charge in [0, 0.05) is 7.05 Å². The van der Waals surface area contributed by atoms with Crippen LogP contribution in [0, 0.1) is 11.3 Å². The van der Waals surface area contributed by atoms with Gasteiger partial charge in [-0.1, -0.05) is 12.1 Å². The average Bonchev–Trinajstić information content (AvgIpc) is 2.31. The molecule has 86 valence electrons. The van der Waals surface area contributed by atoms with Crippen molar-refractivity contribution >= 4 is 11.7 Å². The van der Waals surface area contributed by atoms with E-state index in [1.807, 2.05) is 6.92 Å². The second-order valence-electron chi connectivity index (χ2n) is 3.09. The Morgan fingerprint density at radius 2 is 2.31 bits per heavy atom. The molecule has 0 radical (unpaired) electrons. The fraction of sp³-hybridized carbons (Fsp3) is 0.300. The van der Waals surface area contributed by atoms with Crippen molar-refractivity contribution in [1.82, 2.24) is 5.32 Å². The Labute approximate surface area is 92.7 Å². The summed E-state index contributed by atoms with van der Waals surface area (Å²) in [5.41, 5.74) is 7.99. The lowest BCUT2D eigenvalue weighted by Gasteiger charge is -2.17. The first kappa shape index (κ1) is 12.1. The minimum absolute atomic E-state index is 0.373. The highest BCUT2D eigenvalue weighted by Crippen LogP contribution is 2.22. The molecule has 0 saturated carbocycles. The molecule has 0 atom stereocenters. The van der Waals surface area contributed by atoms with Crippen molar-refractivity contribution in [3.63, 3.8) is 0 Å². The van der Waals surface area contributed by atoms with Crippen molar-refractivity contribution in [3.8, 4) is 0 Å². The number of nitrogens with zero attached hydrogens (tertiary/aromatic N) is 2. The van der Waals surface area contributed by atoms with Gasteiger partial charge in [-0.2, -0.15) is 10.5 Å². The SMILES string of the molecule is CCc1cc(F)ccc1N(N=N)C(=O)NC. The lowest BCUT2D eigenvalue weighted by atomic mass is 10.1. The van der Waals surface area contributed by atoms with Crippen LogP contribution in [0.15, 0.2) is 23.4 Å². The van der Waals surface area contributed by atoms with Gasteiger partial charge < -0.3 is 5.32 Å². The molecule has 0 unspecified atom stereocenters. The van der Waals surface area contributed by atoms with Crippen molar-refractivity contribution in [2.75, 3.05) is 12.1 Å². The molecule has 16 heavy (non-hydrogen) atoms. The van der Waals surface area contributed by atoms with Gasteiger partial charge in [0.15, 0.2) is 0 Å². The largest absolute Gasteiger partial charge is 0.343 e. The molecule has 5 nitrogen and oxygen atoms in total. The average molecular weight is 224 g/mol. The van der Waals surface area contributed by atoms with Gasteiger partial charge >= 0.3 is 6.03 Å². The van der Waals surface area contributed by atoms with Crippen LogP contribution in [0.4, 0.5) is 14.9 Å². The molecule has 0 saturated heterocycles. The number of aryl methyl sites for hydroxylation is 1. The van der Waals surface area contributed by atoms with Crippen LogP contribution in [-0.4, -0.2) is 13.1 Å². The number of benzene rings is 1. The molecule has 0 spiro atoms. The molecule has 1 aromatic carbocycles. The molecular weight excluding hydrogens is 211 g/mol. The third kappa shape index (κ3) is 2.33. The van der Waals surface area contributed by atoms with Crippen LogP contribution in [0.2, 0.25) is 0 Å². The lowest BCUT2D eigenvalue weighted by Crippen LogP contribution is -2.34. The summed E-state index contributed by atoms with van der Waals surface area (Å²) in [5, 5.41) is 6.36. The van der Waals surface area contributed by atoms with Gasteiger partial charge in [0.05, 0.1) is 5.69 Å². The second kappa shape index (κ2) is 5.20. The maximum atomic E-state index is 13.0. The van der Waals surface area contributed by atoms with E-state index in [1.165, 1.54) is 25.2 Å². The van der Waals surface area contributed by atoms with Gasteiger partial charge in [0.2, 0.25) is 0 Å². The van der Waals surface area contributed by atoms with E-state index < -0.39 is 6.03 Å². The Balaban J connectivity index is 3.19. The number of halogens is 1. The monoisotopic (exact) mass is 224 g/mol. The summed E-state index contributed by atoms with van der Waals surface area (Å²) in [6.07, 6.45) is 0.552. The van der Waals surface area contributed by atoms with Crippen LogP contribution < -0.4 is 10.3 Å². The fourth-order valence-electron chi connectivity index (χ4n) is 1.36. The van der Waals surface area contributed by atoms with Crippen LogP contribution >= 0.6 is 0 Å². The maximum absolute atomic E-state index is 13.0. The molecule has 0 fully saturated rings. The molecule has 1 aromatic rings. The summed E-state index contributed by atoms with van der Waals surface area (Å²) in [7, 11) is 1.44. The molecule has 0 aromatic heterocycles. The van der Waals surface area contributed by atoms with E-state index in [1.54, 1.807) is 0 Å². The van der Waals surface area contributed by atoms with E-state index in [-0.39, 0.29) is 5.82 Å². The number of carbonyl (C=O) groups is 1. The van der Waals surface area contributed by atoms with Crippen molar-refractivity contribution in [3.05, 3.63) is 29.6 Å². The highest BCUT2D eigenvalue weighted by molar-refractivity contribution is 5.91. The van der Waals surface area contributed by atoms with Crippen LogP contribution in [0.3, 0.4) is 0 Å². The van der Waals surface area contributed by atoms with Crippen LogP contribution in [0.25, 0.3) is 0 Å². The minimum Gasteiger partial charge on any atom is -0.339 e. The topological polar surface area (TPSA) is 68.5 Å². The van der Waals surface area contributed by atoms with Crippen molar-refractivity contribution in [2.24, 2.45) is 5.22 Å². The van der Waals surface area contributed by atoms with E-state index in [2.05, 4.69) is 10.5 Å². The third-order valence-corrected chi connectivity index (χ3v) is 2.16. The lowest BCUT2D eigenvalue weighted by molar-refractivity contribution is 0.248. The number of carbonyl (C=O) groups excluding carboxylic acids is 1. The van der Waals surface area contributed by atoms with E-state index >= 15 is 0 Å². The Morgan fingerprint density at radius 3 is 2.81 bits per heavy atom. The van der Waals surface area contributed by atoms with Crippen molar-refractivity contribution in [2.45, 2.75) is 13.3 Å². The summed E-state index contributed by atoms with van der Waals surface area (Å²) in [6, 6.07) is 3.46. The zero-order chi connectivity index (χ0) is 12.1. The van der Waals surface area contributed by atoms with Crippen LogP contribution in [0.5, 0.6) is 0 Å². The molecule has 0 aliphatic rings. The zero-order valence-electron chi connectivity index (χ0n) is 9.12. The number of anilines is 1. The quantitative estimate of drug-likeness (QED) is 0.601. The predicted molar refractivity (Wildman–Crippen MR) is 57.9 cm³/mol. The zero-order valence-corrected chi connectivity index (χ0v) is 9.12. The summed E-state index contributed by atoms with van der Waals surface area (Å²) < 4.78 is 13.0. The molecule has 0 bridgehead atoms. The smallest absolute Gasteiger partial charge is 0.339 e. The van der Waals surface area contributed by atoms with E-state index in [4.69, 9.17) is 5.53 Å². The van der Waals surface area contributed by atoms with Gasteiger partial charge in [-0.15, -0.1) is 0 Å². The Morgan fingerprint density at radius 1 is 1.62 bits per heavy atom. The molecular formula is C10H13FN4O. The molecule has 0 heterocycles. The number of nitrogens with one attached hydrogen (secondary N) is 2. The molecule has 2 amide bonds. The Hall–Kier alpha value is -1.98. The first-order valence-corrected chi connectivity index (χ1v) is 4.81. The van der Waals surface area contributed by atoms with E-state index in [0.29, 0.717) is 17.7 Å².